The maximum absolute atomic E-state index is 11.9. The van der Waals surface area contributed by atoms with Crippen LogP contribution in [0.4, 0.5) is 0 Å². The van der Waals surface area contributed by atoms with Crippen LogP contribution >= 0.6 is 23.2 Å². The second-order valence-corrected chi connectivity index (χ2v) is 6.31. The van der Waals surface area contributed by atoms with E-state index >= 15 is 0 Å². The summed E-state index contributed by atoms with van der Waals surface area (Å²) >= 11 is 12.4. The molecule has 0 saturated heterocycles. The van der Waals surface area contributed by atoms with Crippen molar-refractivity contribution in [1.82, 2.24) is 15.2 Å². The van der Waals surface area contributed by atoms with Gasteiger partial charge in [0.15, 0.2) is 6.61 Å². The van der Waals surface area contributed by atoms with Gasteiger partial charge in [-0.25, -0.2) is 10.1 Å². The molecule has 0 fully saturated rings. The SMILES string of the molecule is Cc1nn(-c2ccccc2)c(Cl)c1/C=N/NC(=O)COc1ccccc1Cl. The van der Waals surface area contributed by atoms with E-state index in [1.165, 1.54) is 6.21 Å². The third-order valence-corrected chi connectivity index (χ3v) is 4.30. The van der Waals surface area contributed by atoms with Crippen molar-refractivity contribution in [3.63, 3.8) is 0 Å². The molecule has 0 spiro atoms. The Morgan fingerprint density at radius 2 is 1.89 bits per heavy atom. The molecular weight excluding hydrogens is 387 g/mol. The van der Waals surface area contributed by atoms with Crippen molar-refractivity contribution in [3.8, 4) is 11.4 Å². The van der Waals surface area contributed by atoms with Gasteiger partial charge in [0.25, 0.3) is 5.91 Å². The number of aromatic nitrogens is 2. The van der Waals surface area contributed by atoms with Gasteiger partial charge in [0, 0.05) is 0 Å². The number of nitrogens with zero attached hydrogens (tertiary/aromatic N) is 3. The van der Waals surface area contributed by atoms with E-state index in [-0.39, 0.29) is 6.61 Å². The Kier molecular flexibility index (Phi) is 6.11. The van der Waals surface area contributed by atoms with Gasteiger partial charge in [-0.3, -0.25) is 4.79 Å². The standard InChI is InChI=1S/C19H16Cl2N4O2/c1-13-15(19(21)25(24-13)14-7-3-2-4-8-14)11-22-23-18(26)12-27-17-10-6-5-9-16(17)20/h2-11H,12H2,1H3,(H,23,26)/b22-11+. The number of halogens is 2. The van der Waals surface area contributed by atoms with E-state index in [1.807, 2.05) is 37.3 Å². The maximum Gasteiger partial charge on any atom is 0.277 e. The number of hydrogen-bond acceptors (Lipinski definition) is 4. The summed E-state index contributed by atoms with van der Waals surface area (Å²) in [6.07, 6.45) is 1.46. The van der Waals surface area contributed by atoms with Crippen LogP contribution in [0.5, 0.6) is 5.75 Å². The van der Waals surface area contributed by atoms with E-state index in [0.29, 0.717) is 27.2 Å². The summed E-state index contributed by atoms with van der Waals surface area (Å²) in [6.45, 7) is 1.60. The molecule has 0 aliphatic rings. The highest BCUT2D eigenvalue weighted by atomic mass is 35.5. The number of nitrogens with one attached hydrogen (secondary N) is 1. The second-order valence-electron chi connectivity index (χ2n) is 5.55. The molecule has 2 aromatic carbocycles. The zero-order valence-corrected chi connectivity index (χ0v) is 15.9. The average Bonchev–Trinajstić information content (AvgIpc) is 2.96. The molecule has 8 heteroatoms. The number of carbonyl (C=O) groups is 1. The second kappa shape index (κ2) is 8.70. The number of para-hydroxylation sites is 2. The molecule has 6 nitrogen and oxygen atoms in total. The highest BCUT2D eigenvalue weighted by Crippen LogP contribution is 2.23. The van der Waals surface area contributed by atoms with Crippen LogP contribution in [0.25, 0.3) is 5.69 Å². The lowest BCUT2D eigenvalue weighted by molar-refractivity contribution is -0.123. The lowest BCUT2D eigenvalue weighted by Gasteiger charge is -2.06. The van der Waals surface area contributed by atoms with Gasteiger partial charge in [0.05, 0.1) is 28.2 Å². The fourth-order valence-electron chi connectivity index (χ4n) is 2.30. The topological polar surface area (TPSA) is 68.5 Å². The van der Waals surface area contributed by atoms with Crippen molar-refractivity contribution < 1.29 is 9.53 Å². The first kappa shape index (κ1) is 18.9. The summed E-state index contributed by atoms with van der Waals surface area (Å²) in [6, 6.07) is 16.4. The van der Waals surface area contributed by atoms with Crippen molar-refractivity contribution in [3.05, 3.63) is 76.0 Å². The summed E-state index contributed by atoms with van der Waals surface area (Å²) < 4.78 is 6.96. The predicted molar refractivity (Wildman–Crippen MR) is 106 cm³/mol. The highest BCUT2D eigenvalue weighted by Gasteiger charge is 2.13. The van der Waals surface area contributed by atoms with Gasteiger partial charge in [-0.1, -0.05) is 53.5 Å². The fourth-order valence-corrected chi connectivity index (χ4v) is 2.82. The third kappa shape index (κ3) is 4.67. The summed E-state index contributed by atoms with van der Waals surface area (Å²) in [4.78, 5) is 11.9. The van der Waals surface area contributed by atoms with Crippen molar-refractivity contribution >= 4 is 35.3 Å². The Labute approximate surface area is 166 Å². The first-order valence-electron chi connectivity index (χ1n) is 8.06. The van der Waals surface area contributed by atoms with Crippen molar-refractivity contribution in [2.45, 2.75) is 6.92 Å². The number of aryl methyl sites for hydroxylation is 1. The fraction of sp³-hybridized carbons (Fsp3) is 0.105. The number of amides is 1. The molecule has 1 amide bonds. The van der Waals surface area contributed by atoms with E-state index in [2.05, 4.69) is 15.6 Å². The Hall–Kier alpha value is -2.83. The van der Waals surface area contributed by atoms with Crippen LogP contribution in [0.3, 0.4) is 0 Å². The minimum atomic E-state index is -0.421. The molecule has 0 bridgehead atoms. The quantitative estimate of drug-likeness (QED) is 0.500. The summed E-state index contributed by atoms with van der Waals surface area (Å²) in [5, 5.41) is 9.18. The molecule has 27 heavy (non-hydrogen) atoms. The molecule has 3 aromatic rings. The van der Waals surface area contributed by atoms with Crippen molar-refractivity contribution in [1.29, 1.82) is 0 Å². The van der Waals surface area contributed by atoms with Gasteiger partial charge in [-0.05, 0) is 31.2 Å². The Balaban J connectivity index is 1.62. The number of hydrazone groups is 1. The molecule has 3 rings (SSSR count). The van der Waals surface area contributed by atoms with Crippen LogP contribution in [-0.4, -0.2) is 28.5 Å². The van der Waals surface area contributed by atoms with E-state index in [9.17, 15) is 4.79 Å². The molecule has 138 valence electrons. The molecule has 0 atom stereocenters. The van der Waals surface area contributed by atoms with Gasteiger partial charge in [0.1, 0.15) is 10.9 Å². The minimum absolute atomic E-state index is 0.211. The molecule has 0 aliphatic heterocycles. The molecule has 1 aromatic heterocycles. The van der Waals surface area contributed by atoms with Gasteiger partial charge in [0.2, 0.25) is 0 Å². The first-order chi connectivity index (χ1) is 13.1. The lowest BCUT2D eigenvalue weighted by Crippen LogP contribution is -2.24. The van der Waals surface area contributed by atoms with Gasteiger partial charge in [-0.15, -0.1) is 0 Å². The Morgan fingerprint density at radius 3 is 2.63 bits per heavy atom. The predicted octanol–water partition coefficient (Wildman–Crippen LogP) is 4.02. The highest BCUT2D eigenvalue weighted by molar-refractivity contribution is 6.32. The number of ether oxygens (including phenoxy) is 1. The Bertz CT molecular complexity index is 971. The molecule has 0 saturated carbocycles. The van der Waals surface area contributed by atoms with E-state index in [0.717, 1.165) is 5.69 Å². The summed E-state index contributed by atoms with van der Waals surface area (Å²) in [5.74, 6) is 0.0109. The third-order valence-electron chi connectivity index (χ3n) is 3.63. The zero-order chi connectivity index (χ0) is 19.2. The number of carbonyl (C=O) groups excluding carboxylic acids is 1. The minimum Gasteiger partial charge on any atom is -0.482 e. The largest absolute Gasteiger partial charge is 0.482 e. The van der Waals surface area contributed by atoms with Crippen LogP contribution in [0.15, 0.2) is 59.7 Å². The van der Waals surface area contributed by atoms with Crippen LogP contribution in [0.2, 0.25) is 10.2 Å². The van der Waals surface area contributed by atoms with Crippen LogP contribution < -0.4 is 10.2 Å². The number of rotatable bonds is 6. The average molecular weight is 403 g/mol. The molecule has 0 radical (unpaired) electrons. The van der Waals surface area contributed by atoms with E-state index < -0.39 is 5.91 Å². The lowest BCUT2D eigenvalue weighted by atomic mass is 10.3. The monoisotopic (exact) mass is 402 g/mol. The van der Waals surface area contributed by atoms with Gasteiger partial charge < -0.3 is 4.74 Å². The van der Waals surface area contributed by atoms with E-state index in [1.54, 1.807) is 28.9 Å². The van der Waals surface area contributed by atoms with Crippen LogP contribution in [0.1, 0.15) is 11.3 Å². The molecule has 1 N–H and O–H groups in total. The van der Waals surface area contributed by atoms with Crippen LogP contribution in [0, 0.1) is 6.92 Å². The maximum atomic E-state index is 11.9. The van der Waals surface area contributed by atoms with Crippen LogP contribution in [-0.2, 0) is 4.79 Å². The van der Waals surface area contributed by atoms with Gasteiger partial charge in [-0.2, -0.15) is 10.2 Å². The smallest absolute Gasteiger partial charge is 0.277 e. The zero-order valence-electron chi connectivity index (χ0n) is 14.4. The van der Waals surface area contributed by atoms with E-state index in [4.69, 9.17) is 27.9 Å². The number of benzene rings is 2. The molecule has 0 aliphatic carbocycles. The molecular formula is C19H16Cl2N4O2. The molecule has 1 heterocycles. The summed E-state index contributed by atoms with van der Waals surface area (Å²) in [7, 11) is 0. The number of hydrogen-bond donors (Lipinski definition) is 1. The van der Waals surface area contributed by atoms with Gasteiger partial charge >= 0.3 is 0 Å². The van der Waals surface area contributed by atoms with Crippen molar-refractivity contribution in [2.24, 2.45) is 5.10 Å². The summed E-state index contributed by atoms with van der Waals surface area (Å²) in [5.41, 5.74) is 4.53. The first-order valence-corrected chi connectivity index (χ1v) is 8.81. The molecule has 0 unspecified atom stereocenters. The van der Waals surface area contributed by atoms with Crippen molar-refractivity contribution in [2.75, 3.05) is 6.61 Å². The normalized spacial score (nSPS) is 10.9. The Morgan fingerprint density at radius 1 is 1.19 bits per heavy atom.